The van der Waals surface area contributed by atoms with Crippen LogP contribution in [0.25, 0.3) is 0 Å². The van der Waals surface area contributed by atoms with Crippen molar-refractivity contribution in [2.24, 2.45) is 0 Å². The first-order chi connectivity index (χ1) is 3.80. The third-order valence-corrected chi connectivity index (χ3v) is 1.73. The Kier molecular flexibility index (Phi) is 1.86. The van der Waals surface area contributed by atoms with E-state index in [9.17, 15) is 0 Å². The van der Waals surface area contributed by atoms with Crippen LogP contribution in [0, 0.1) is 0 Å². The summed E-state index contributed by atoms with van der Waals surface area (Å²) in [6, 6.07) is 0. The molecule has 0 bridgehead atoms. The molecule has 0 aromatic rings. The Balaban J connectivity index is 2.28. The van der Waals surface area contributed by atoms with E-state index in [1.54, 1.807) is 0 Å². The zero-order chi connectivity index (χ0) is 5.98. The van der Waals surface area contributed by atoms with Gasteiger partial charge in [-0.3, -0.25) is 0 Å². The van der Waals surface area contributed by atoms with Crippen LogP contribution in [0.3, 0.4) is 0 Å². The average Bonchev–Trinajstić information content (AvgIpc) is 1.77. The Bertz CT molecular complexity index is 62.9. The Hall–Kier alpha value is -0.0800. The molecular weight excluding hydrogens is 104 g/mol. The van der Waals surface area contributed by atoms with E-state index in [1.165, 1.54) is 0 Å². The highest BCUT2D eigenvalue weighted by Gasteiger charge is 2.23. The molecule has 1 aliphatic rings. The smallest absolute Gasteiger partial charge is 0.180 e. The molecule has 0 aromatic carbocycles. The number of aliphatic hydroxyl groups excluding tert-OH is 1. The zero-order valence-corrected chi connectivity index (χ0v) is 4.93. The summed E-state index contributed by atoms with van der Waals surface area (Å²) in [5.74, 6) is 0. The maximum atomic E-state index is 8.99. The Labute approximate surface area is 49.1 Å². The Morgan fingerprint density at radius 1 is 1.25 bits per heavy atom. The first-order valence-electron chi connectivity index (χ1n) is 3.20. The lowest BCUT2D eigenvalue weighted by molar-refractivity contribution is -0.00865. The van der Waals surface area contributed by atoms with Gasteiger partial charge in [0.15, 0.2) is 6.10 Å². The first-order valence-corrected chi connectivity index (χ1v) is 3.20. The minimum atomic E-state index is -0.330. The molecule has 3 N–H and O–H groups in total. The van der Waals surface area contributed by atoms with Gasteiger partial charge in [-0.05, 0) is 12.8 Å². The van der Waals surface area contributed by atoms with Crippen molar-refractivity contribution in [1.82, 2.24) is 0 Å². The second kappa shape index (κ2) is 2.46. The molecule has 2 atom stereocenters. The van der Waals surface area contributed by atoms with Crippen LogP contribution in [0.1, 0.15) is 25.7 Å². The molecule has 0 radical (unpaired) electrons. The van der Waals surface area contributed by atoms with Gasteiger partial charge in [0.1, 0.15) is 6.10 Å². The molecular formula is C6H13O2+. The van der Waals surface area contributed by atoms with Gasteiger partial charge >= 0.3 is 0 Å². The maximum Gasteiger partial charge on any atom is 0.180 e. The van der Waals surface area contributed by atoms with Gasteiger partial charge in [-0.25, -0.2) is 0 Å². The van der Waals surface area contributed by atoms with E-state index in [-0.39, 0.29) is 12.2 Å². The van der Waals surface area contributed by atoms with Crippen LogP contribution in [-0.2, 0) is 0 Å². The number of hydrogen-bond donors (Lipinski definition) is 1. The van der Waals surface area contributed by atoms with Gasteiger partial charge in [0.25, 0.3) is 0 Å². The summed E-state index contributed by atoms with van der Waals surface area (Å²) in [4.78, 5) is 0. The number of aliphatic hydroxyl groups is 1. The third kappa shape index (κ3) is 1.20. The molecule has 0 aliphatic heterocycles. The molecule has 1 rings (SSSR count). The largest absolute Gasteiger partial charge is 0.441 e. The summed E-state index contributed by atoms with van der Waals surface area (Å²) in [7, 11) is 0. The highest BCUT2D eigenvalue weighted by atomic mass is 16.3. The lowest BCUT2D eigenvalue weighted by atomic mass is 9.95. The second-order valence-electron chi connectivity index (χ2n) is 2.46. The Morgan fingerprint density at radius 3 is 2.25 bits per heavy atom. The molecule has 0 aromatic heterocycles. The molecule has 0 heterocycles. The minimum Gasteiger partial charge on any atom is -0.441 e. The number of rotatable bonds is 0. The van der Waals surface area contributed by atoms with Crippen molar-refractivity contribution >= 4 is 0 Å². The van der Waals surface area contributed by atoms with E-state index in [0.717, 1.165) is 25.7 Å². The number of hydrogen-bond acceptors (Lipinski definition) is 1. The predicted octanol–water partition coefficient (Wildman–Crippen LogP) is 0.0145. The van der Waals surface area contributed by atoms with Crippen molar-refractivity contribution in [3.8, 4) is 0 Å². The van der Waals surface area contributed by atoms with Gasteiger partial charge in [-0.1, -0.05) is 6.42 Å². The van der Waals surface area contributed by atoms with Crippen LogP contribution in [0.5, 0.6) is 0 Å². The summed E-state index contributed by atoms with van der Waals surface area (Å²) < 4.78 is 0. The predicted molar refractivity (Wildman–Crippen MR) is 31.9 cm³/mol. The second-order valence-corrected chi connectivity index (χ2v) is 2.46. The van der Waals surface area contributed by atoms with Crippen molar-refractivity contribution < 1.29 is 10.2 Å². The standard InChI is InChI=1S/C6H12O2/c7-5-3-1-2-4-6(5)8/h5-8H,1-4H2/p+1/t5-,6?/m1/s1. The summed E-state index contributed by atoms with van der Waals surface area (Å²) in [5, 5.41) is 16.2. The average molecular weight is 117 g/mol. The minimum absolute atomic E-state index is 0.191. The summed E-state index contributed by atoms with van der Waals surface area (Å²) in [6.45, 7) is 0. The first kappa shape index (κ1) is 6.05. The van der Waals surface area contributed by atoms with Crippen LogP contribution >= 0.6 is 0 Å². The van der Waals surface area contributed by atoms with Crippen LogP contribution < -0.4 is 0 Å². The van der Waals surface area contributed by atoms with Gasteiger partial charge in [0, 0.05) is 6.42 Å². The van der Waals surface area contributed by atoms with E-state index < -0.39 is 0 Å². The molecule has 1 unspecified atom stereocenters. The van der Waals surface area contributed by atoms with Gasteiger partial charge < -0.3 is 10.2 Å². The quantitative estimate of drug-likeness (QED) is 0.446. The maximum absolute atomic E-state index is 8.99. The van der Waals surface area contributed by atoms with Crippen molar-refractivity contribution in [3.05, 3.63) is 0 Å². The molecule has 1 fully saturated rings. The SMILES string of the molecule is O[C@@H]1CCCCC1[OH2+]. The summed E-state index contributed by atoms with van der Waals surface area (Å²) >= 11 is 0. The molecule has 0 saturated heterocycles. The molecule has 8 heavy (non-hydrogen) atoms. The normalized spacial score (nSPS) is 39.8. The lowest BCUT2D eigenvalue weighted by Crippen LogP contribution is -2.28. The van der Waals surface area contributed by atoms with Crippen LogP contribution in [0.15, 0.2) is 0 Å². The third-order valence-electron chi connectivity index (χ3n) is 1.73. The molecule has 2 heteroatoms. The van der Waals surface area contributed by atoms with Crippen LogP contribution in [0.2, 0.25) is 0 Å². The molecule has 0 amide bonds. The monoisotopic (exact) mass is 117 g/mol. The Morgan fingerprint density at radius 2 is 1.88 bits per heavy atom. The van der Waals surface area contributed by atoms with E-state index >= 15 is 0 Å². The van der Waals surface area contributed by atoms with Crippen molar-refractivity contribution in [1.29, 1.82) is 0 Å². The van der Waals surface area contributed by atoms with Gasteiger partial charge in [-0.2, -0.15) is 0 Å². The molecule has 1 aliphatic carbocycles. The van der Waals surface area contributed by atoms with Crippen LogP contribution in [0.4, 0.5) is 0 Å². The van der Waals surface area contributed by atoms with E-state index in [4.69, 9.17) is 10.2 Å². The van der Waals surface area contributed by atoms with Crippen molar-refractivity contribution in [3.63, 3.8) is 0 Å². The highest BCUT2D eigenvalue weighted by molar-refractivity contribution is 4.72. The van der Waals surface area contributed by atoms with Gasteiger partial charge in [0.05, 0.1) is 0 Å². The molecule has 1 saturated carbocycles. The van der Waals surface area contributed by atoms with Crippen molar-refractivity contribution in [2.45, 2.75) is 37.9 Å². The summed E-state index contributed by atoms with van der Waals surface area (Å²) in [5.41, 5.74) is 0. The fourth-order valence-electron chi connectivity index (χ4n) is 1.11. The van der Waals surface area contributed by atoms with Gasteiger partial charge in [0.2, 0.25) is 0 Å². The lowest BCUT2D eigenvalue weighted by Gasteiger charge is -2.18. The zero-order valence-electron chi connectivity index (χ0n) is 4.93. The molecule has 0 spiro atoms. The fraction of sp³-hybridized carbons (Fsp3) is 1.00. The van der Waals surface area contributed by atoms with Crippen LogP contribution in [-0.4, -0.2) is 22.4 Å². The fourth-order valence-corrected chi connectivity index (χ4v) is 1.11. The topological polar surface area (TPSA) is 43.1 Å². The molecule has 2 nitrogen and oxygen atoms in total. The van der Waals surface area contributed by atoms with Crippen molar-refractivity contribution in [2.75, 3.05) is 0 Å². The van der Waals surface area contributed by atoms with Gasteiger partial charge in [-0.15, -0.1) is 0 Å². The van der Waals surface area contributed by atoms with E-state index in [1.807, 2.05) is 0 Å². The van der Waals surface area contributed by atoms with E-state index in [2.05, 4.69) is 0 Å². The highest BCUT2D eigenvalue weighted by Crippen LogP contribution is 2.17. The van der Waals surface area contributed by atoms with E-state index in [0.29, 0.717) is 0 Å². The molecule has 48 valence electrons. The summed E-state index contributed by atoms with van der Waals surface area (Å²) in [6.07, 6.45) is 3.45.